The summed E-state index contributed by atoms with van der Waals surface area (Å²) in [6.07, 6.45) is -0.577. The molecular formula is C10H13NO4S. The molecule has 1 heterocycles. The van der Waals surface area contributed by atoms with Crippen LogP contribution in [0.5, 0.6) is 0 Å². The predicted octanol–water partition coefficient (Wildman–Crippen LogP) is 0.214. The third-order valence-electron chi connectivity index (χ3n) is 2.37. The number of nitrogens with one attached hydrogen (secondary N) is 1. The van der Waals surface area contributed by atoms with Crippen molar-refractivity contribution in [3.8, 4) is 0 Å². The smallest absolute Gasteiger partial charge is 0.307 e. The van der Waals surface area contributed by atoms with E-state index >= 15 is 0 Å². The van der Waals surface area contributed by atoms with Gasteiger partial charge in [0, 0.05) is 10.6 Å². The van der Waals surface area contributed by atoms with Gasteiger partial charge in [0.25, 0.3) is 0 Å². The van der Waals surface area contributed by atoms with Crippen molar-refractivity contribution in [2.75, 3.05) is 5.32 Å². The molecule has 2 unspecified atom stereocenters. The van der Waals surface area contributed by atoms with Crippen molar-refractivity contribution < 1.29 is 20.4 Å². The molecule has 0 saturated carbocycles. The Labute approximate surface area is 96.7 Å². The Morgan fingerprint density at radius 2 is 2.06 bits per heavy atom. The van der Waals surface area contributed by atoms with Crippen LogP contribution < -0.4 is 5.32 Å². The van der Waals surface area contributed by atoms with Crippen LogP contribution in [0.25, 0.3) is 0 Å². The van der Waals surface area contributed by atoms with E-state index in [0.29, 0.717) is 5.69 Å². The molecule has 1 aromatic carbocycles. The van der Waals surface area contributed by atoms with Gasteiger partial charge in [-0.05, 0) is 24.6 Å². The summed E-state index contributed by atoms with van der Waals surface area (Å²) in [4.78, 5) is 0.768. The lowest BCUT2D eigenvalue weighted by molar-refractivity contribution is -0.306. The number of benzene rings is 1. The molecule has 2 rings (SSSR count). The Kier molecular flexibility index (Phi) is 2.85. The molecule has 1 aliphatic heterocycles. The second-order valence-corrected chi connectivity index (χ2v) is 4.91. The molecule has 0 fully saturated rings. The fourth-order valence-electron chi connectivity index (χ4n) is 1.49. The van der Waals surface area contributed by atoms with Crippen LogP contribution in [0, 0.1) is 0 Å². The third-order valence-corrected chi connectivity index (χ3v) is 3.63. The van der Waals surface area contributed by atoms with Gasteiger partial charge >= 0.3 is 5.97 Å². The van der Waals surface area contributed by atoms with E-state index in [0.717, 1.165) is 22.2 Å². The van der Waals surface area contributed by atoms with Crippen LogP contribution in [0.1, 0.15) is 18.6 Å². The minimum Gasteiger partial charge on any atom is -0.389 e. The molecule has 0 aromatic heterocycles. The Hall–Kier alpha value is -0.790. The number of fused-ring (bicyclic) bond motifs is 1. The zero-order chi connectivity index (χ0) is 11.9. The van der Waals surface area contributed by atoms with Crippen LogP contribution in [-0.4, -0.2) is 31.8 Å². The quantitative estimate of drug-likeness (QED) is 0.477. The number of anilines is 1. The standard InChI is InChI=1S/C10H13NO4S/c1-5(12)6-2-3-7-8(4-6)16-9(11-7)10(13,14)15/h2-5,9,11-15H,1H3. The summed E-state index contributed by atoms with van der Waals surface area (Å²) in [5, 5.41) is 38.4. The molecule has 16 heavy (non-hydrogen) atoms. The Morgan fingerprint density at radius 1 is 1.38 bits per heavy atom. The number of hydrogen-bond acceptors (Lipinski definition) is 6. The van der Waals surface area contributed by atoms with E-state index in [1.165, 1.54) is 0 Å². The maximum Gasteiger partial charge on any atom is 0.307 e. The third kappa shape index (κ3) is 2.16. The van der Waals surface area contributed by atoms with Crippen LogP contribution in [-0.2, 0) is 0 Å². The molecule has 1 aromatic rings. The lowest BCUT2D eigenvalue weighted by Gasteiger charge is -2.20. The van der Waals surface area contributed by atoms with E-state index in [9.17, 15) is 5.11 Å². The Bertz CT molecular complexity index is 402. The van der Waals surface area contributed by atoms with Gasteiger partial charge in [-0.15, -0.1) is 0 Å². The fraction of sp³-hybridized carbons (Fsp3) is 0.400. The normalized spacial score (nSPS) is 21.4. The summed E-state index contributed by atoms with van der Waals surface area (Å²) >= 11 is 1.10. The first-order chi connectivity index (χ1) is 7.38. The summed E-state index contributed by atoms with van der Waals surface area (Å²) in [6, 6.07) is 5.23. The molecule has 1 aliphatic rings. The van der Waals surface area contributed by atoms with E-state index in [1.807, 2.05) is 0 Å². The molecule has 0 spiro atoms. The number of rotatable bonds is 2. The topological polar surface area (TPSA) is 93.0 Å². The van der Waals surface area contributed by atoms with Gasteiger partial charge in [0.1, 0.15) is 0 Å². The molecule has 2 atom stereocenters. The Balaban J connectivity index is 2.25. The summed E-state index contributed by atoms with van der Waals surface area (Å²) in [7, 11) is 0. The van der Waals surface area contributed by atoms with Gasteiger partial charge in [-0.25, -0.2) is 0 Å². The lowest BCUT2D eigenvalue weighted by Crippen LogP contribution is -2.42. The first kappa shape index (κ1) is 11.7. The van der Waals surface area contributed by atoms with Crippen molar-refractivity contribution >= 4 is 17.4 Å². The Morgan fingerprint density at radius 3 is 2.62 bits per heavy atom. The number of hydrogen-bond donors (Lipinski definition) is 5. The van der Waals surface area contributed by atoms with Crippen LogP contribution in [0.2, 0.25) is 0 Å². The minimum absolute atomic E-state index is 0.577. The predicted molar refractivity (Wildman–Crippen MR) is 59.7 cm³/mol. The molecule has 0 radical (unpaired) electrons. The van der Waals surface area contributed by atoms with Crippen LogP contribution in [0.4, 0.5) is 5.69 Å². The highest BCUT2D eigenvalue weighted by Crippen LogP contribution is 2.42. The molecule has 0 bridgehead atoms. The maximum atomic E-state index is 9.40. The van der Waals surface area contributed by atoms with Crippen molar-refractivity contribution in [2.24, 2.45) is 0 Å². The zero-order valence-corrected chi connectivity index (χ0v) is 9.40. The molecule has 6 heteroatoms. The minimum atomic E-state index is -2.77. The number of aliphatic hydroxyl groups is 4. The highest BCUT2D eigenvalue weighted by atomic mass is 32.2. The summed E-state index contributed by atoms with van der Waals surface area (Å²) in [5.74, 6) is -2.77. The molecular weight excluding hydrogens is 230 g/mol. The van der Waals surface area contributed by atoms with Gasteiger partial charge in [-0.3, -0.25) is 0 Å². The van der Waals surface area contributed by atoms with Gasteiger partial charge in [0.05, 0.1) is 6.10 Å². The van der Waals surface area contributed by atoms with Crippen molar-refractivity contribution in [3.63, 3.8) is 0 Å². The molecule has 0 saturated heterocycles. The van der Waals surface area contributed by atoms with Gasteiger partial charge in [0.15, 0.2) is 5.37 Å². The first-order valence-corrected chi connectivity index (χ1v) is 5.68. The molecule has 5 N–H and O–H groups in total. The largest absolute Gasteiger partial charge is 0.389 e. The van der Waals surface area contributed by atoms with Crippen molar-refractivity contribution in [2.45, 2.75) is 29.3 Å². The SMILES string of the molecule is CC(O)c1ccc2c(c1)SC(C(O)(O)O)N2. The van der Waals surface area contributed by atoms with Crippen molar-refractivity contribution in [3.05, 3.63) is 23.8 Å². The second kappa shape index (κ2) is 3.90. The monoisotopic (exact) mass is 243 g/mol. The van der Waals surface area contributed by atoms with E-state index in [2.05, 4.69) is 5.32 Å². The highest BCUT2D eigenvalue weighted by Gasteiger charge is 2.38. The average Bonchev–Trinajstić information content (AvgIpc) is 2.58. The molecule has 0 aliphatic carbocycles. The summed E-state index contributed by atoms with van der Waals surface area (Å²) in [5.41, 5.74) is 1.45. The number of thioether (sulfide) groups is 1. The van der Waals surface area contributed by atoms with Crippen LogP contribution >= 0.6 is 11.8 Å². The zero-order valence-electron chi connectivity index (χ0n) is 8.58. The van der Waals surface area contributed by atoms with Gasteiger partial charge in [0.2, 0.25) is 0 Å². The lowest BCUT2D eigenvalue weighted by atomic mass is 10.1. The van der Waals surface area contributed by atoms with Crippen molar-refractivity contribution in [1.29, 1.82) is 0 Å². The van der Waals surface area contributed by atoms with E-state index in [1.54, 1.807) is 25.1 Å². The maximum absolute atomic E-state index is 9.40. The number of aliphatic hydroxyl groups excluding tert-OH is 1. The first-order valence-electron chi connectivity index (χ1n) is 4.80. The van der Waals surface area contributed by atoms with E-state index < -0.39 is 17.5 Å². The van der Waals surface area contributed by atoms with Gasteiger partial charge in [-0.1, -0.05) is 17.8 Å². The summed E-state index contributed by atoms with van der Waals surface area (Å²) < 4.78 is 0. The summed E-state index contributed by atoms with van der Waals surface area (Å²) in [6.45, 7) is 1.65. The average molecular weight is 243 g/mol. The fourth-order valence-corrected chi connectivity index (χ4v) is 2.55. The highest BCUT2D eigenvalue weighted by molar-refractivity contribution is 8.00. The second-order valence-electron chi connectivity index (χ2n) is 3.76. The molecule has 5 nitrogen and oxygen atoms in total. The van der Waals surface area contributed by atoms with Crippen molar-refractivity contribution in [1.82, 2.24) is 0 Å². The van der Waals surface area contributed by atoms with Gasteiger partial charge in [-0.2, -0.15) is 0 Å². The van der Waals surface area contributed by atoms with Crippen LogP contribution in [0.3, 0.4) is 0 Å². The van der Waals surface area contributed by atoms with E-state index in [-0.39, 0.29) is 0 Å². The van der Waals surface area contributed by atoms with Crippen LogP contribution in [0.15, 0.2) is 23.1 Å². The van der Waals surface area contributed by atoms with E-state index in [4.69, 9.17) is 15.3 Å². The molecule has 88 valence electrons. The molecule has 0 amide bonds. The van der Waals surface area contributed by atoms with Gasteiger partial charge < -0.3 is 25.7 Å².